The van der Waals surface area contributed by atoms with Gasteiger partial charge in [0.15, 0.2) is 11.9 Å². The zero-order valence-electron chi connectivity index (χ0n) is 12.7. The van der Waals surface area contributed by atoms with E-state index in [9.17, 15) is 14.0 Å². The third-order valence-electron chi connectivity index (χ3n) is 4.03. The number of carbonyl (C=O) groups is 2. The van der Waals surface area contributed by atoms with E-state index in [1.54, 1.807) is 6.07 Å². The van der Waals surface area contributed by atoms with Gasteiger partial charge >= 0.3 is 5.97 Å². The predicted molar refractivity (Wildman–Crippen MR) is 81.9 cm³/mol. The van der Waals surface area contributed by atoms with Crippen molar-refractivity contribution in [2.24, 2.45) is 0 Å². The first-order valence-corrected chi connectivity index (χ1v) is 7.53. The van der Waals surface area contributed by atoms with Gasteiger partial charge in [-0.2, -0.15) is 0 Å². The molecule has 118 valence electrons. The van der Waals surface area contributed by atoms with Crippen LogP contribution in [0.2, 0.25) is 0 Å². The molecule has 0 spiro atoms. The minimum Gasteiger partial charge on any atom is -0.451 e. The number of hydrogen-bond acceptors (Lipinski definition) is 4. The molecule has 3 rings (SSSR count). The second kappa shape index (κ2) is 6.28. The second-order valence-corrected chi connectivity index (χ2v) is 5.60. The molecule has 5 heteroatoms. The van der Waals surface area contributed by atoms with Crippen LogP contribution in [0.5, 0.6) is 0 Å². The topological polar surface area (TPSA) is 56.3 Å². The average Bonchev–Trinajstić information content (AvgIpc) is 3.01. The Balaban J connectivity index is 1.73. The molecule has 0 bridgehead atoms. The highest BCUT2D eigenvalue weighted by Gasteiger charge is 2.23. The van der Waals surface area contributed by atoms with Crippen LogP contribution in [0.4, 0.5) is 4.39 Å². The van der Waals surface area contributed by atoms with E-state index in [0.717, 1.165) is 25.5 Å². The third-order valence-corrected chi connectivity index (χ3v) is 4.03. The molecule has 1 heterocycles. The summed E-state index contributed by atoms with van der Waals surface area (Å²) in [6, 6.07) is 6.79. The van der Waals surface area contributed by atoms with Crippen molar-refractivity contribution in [2.45, 2.75) is 32.3 Å². The summed E-state index contributed by atoms with van der Waals surface area (Å²) in [7, 11) is 0. The van der Waals surface area contributed by atoms with Gasteiger partial charge in [0, 0.05) is 11.8 Å². The normalized spacial score (nSPS) is 14.2. The Bertz CT molecular complexity index is 773. The number of aromatic nitrogens is 1. The quantitative estimate of drug-likeness (QED) is 0.643. The molecule has 23 heavy (non-hydrogen) atoms. The summed E-state index contributed by atoms with van der Waals surface area (Å²) in [6.45, 7) is 1.49. The summed E-state index contributed by atoms with van der Waals surface area (Å²) >= 11 is 0. The second-order valence-electron chi connectivity index (χ2n) is 5.60. The van der Waals surface area contributed by atoms with E-state index >= 15 is 0 Å². The largest absolute Gasteiger partial charge is 0.451 e. The summed E-state index contributed by atoms with van der Waals surface area (Å²) in [4.78, 5) is 27.9. The van der Waals surface area contributed by atoms with E-state index in [1.807, 2.05) is 12.1 Å². The van der Waals surface area contributed by atoms with Crippen LogP contribution >= 0.6 is 0 Å². The lowest BCUT2D eigenvalue weighted by Crippen LogP contribution is -2.25. The van der Waals surface area contributed by atoms with Gasteiger partial charge in [-0.25, -0.2) is 9.18 Å². The molecular formula is C18H16FNO3. The maximum atomic E-state index is 13.5. The summed E-state index contributed by atoms with van der Waals surface area (Å²) in [5, 5.41) is 0. The van der Waals surface area contributed by atoms with Crippen LogP contribution in [-0.2, 0) is 17.6 Å². The SMILES string of the molecule is C[C@@H](OC(=O)c1ccncc1F)C(=O)c1ccc2c(c1)CCC2. The van der Waals surface area contributed by atoms with Crippen LogP contribution in [0, 0.1) is 5.82 Å². The van der Waals surface area contributed by atoms with Crippen molar-refractivity contribution < 1.29 is 18.7 Å². The third kappa shape index (κ3) is 3.13. The maximum absolute atomic E-state index is 13.5. The van der Waals surface area contributed by atoms with Gasteiger partial charge in [-0.1, -0.05) is 12.1 Å². The minimum atomic E-state index is -0.977. The van der Waals surface area contributed by atoms with E-state index in [1.165, 1.54) is 30.3 Å². The first-order chi connectivity index (χ1) is 11.1. The molecule has 4 nitrogen and oxygen atoms in total. The van der Waals surface area contributed by atoms with E-state index in [4.69, 9.17) is 4.74 Å². The van der Waals surface area contributed by atoms with Crippen LogP contribution in [0.15, 0.2) is 36.7 Å². The molecule has 1 aromatic heterocycles. The summed E-state index contributed by atoms with van der Waals surface area (Å²) in [5.41, 5.74) is 2.73. The molecular weight excluding hydrogens is 297 g/mol. The molecule has 0 N–H and O–H groups in total. The smallest absolute Gasteiger partial charge is 0.341 e. The molecule has 0 amide bonds. The molecule has 0 unspecified atom stereocenters. The Morgan fingerprint density at radius 3 is 2.78 bits per heavy atom. The van der Waals surface area contributed by atoms with E-state index in [2.05, 4.69) is 4.98 Å². The van der Waals surface area contributed by atoms with Gasteiger partial charge in [0.2, 0.25) is 5.78 Å². The van der Waals surface area contributed by atoms with Crippen molar-refractivity contribution in [2.75, 3.05) is 0 Å². The molecule has 1 aromatic carbocycles. The van der Waals surface area contributed by atoms with Crippen LogP contribution < -0.4 is 0 Å². The Kier molecular flexibility index (Phi) is 4.19. The standard InChI is InChI=1S/C18H16FNO3/c1-11(23-18(22)15-7-8-20-10-16(15)19)17(21)14-6-5-12-3-2-4-13(12)9-14/h5-11H,2-4H2,1H3/t11-/m1/s1. The number of halogens is 1. The average molecular weight is 313 g/mol. The number of ketones is 1. The Morgan fingerprint density at radius 1 is 1.22 bits per heavy atom. The lowest BCUT2D eigenvalue weighted by Gasteiger charge is -2.13. The minimum absolute atomic E-state index is 0.228. The molecule has 0 fully saturated rings. The Hall–Kier alpha value is -2.56. The van der Waals surface area contributed by atoms with Gasteiger partial charge in [0.1, 0.15) is 0 Å². The zero-order valence-corrected chi connectivity index (χ0v) is 12.7. The number of pyridine rings is 1. The van der Waals surface area contributed by atoms with Crippen molar-refractivity contribution in [3.63, 3.8) is 0 Å². The molecule has 1 aliphatic rings. The maximum Gasteiger partial charge on any atom is 0.341 e. The first-order valence-electron chi connectivity index (χ1n) is 7.53. The molecule has 0 saturated heterocycles. The first kappa shape index (κ1) is 15.3. The van der Waals surface area contributed by atoms with E-state index < -0.39 is 17.9 Å². The number of hydrogen-bond donors (Lipinski definition) is 0. The van der Waals surface area contributed by atoms with Crippen LogP contribution in [0.3, 0.4) is 0 Å². The number of aryl methyl sites for hydroxylation is 2. The zero-order chi connectivity index (χ0) is 16.4. The summed E-state index contributed by atoms with van der Waals surface area (Å²) in [5.74, 6) is -1.93. The van der Waals surface area contributed by atoms with Gasteiger partial charge in [0.05, 0.1) is 11.8 Å². The molecule has 0 aliphatic heterocycles. The van der Waals surface area contributed by atoms with Crippen molar-refractivity contribution >= 4 is 11.8 Å². The highest BCUT2D eigenvalue weighted by Crippen LogP contribution is 2.23. The monoisotopic (exact) mass is 313 g/mol. The van der Waals surface area contributed by atoms with Crippen molar-refractivity contribution in [3.05, 3.63) is 64.7 Å². The van der Waals surface area contributed by atoms with Crippen molar-refractivity contribution in [1.29, 1.82) is 0 Å². The molecule has 0 radical (unpaired) electrons. The van der Waals surface area contributed by atoms with Gasteiger partial charge in [-0.05, 0) is 49.4 Å². The molecule has 1 aliphatic carbocycles. The number of Topliss-reactive ketones (excluding diaryl/α,β-unsaturated/α-hetero) is 1. The number of fused-ring (bicyclic) bond motifs is 1. The Labute approximate surface area is 133 Å². The molecule has 0 saturated carbocycles. The number of esters is 1. The lowest BCUT2D eigenvalue weighted by molar-refractivity contribution is 0.0314. The Morgan fingerprint density at radius 2 is 2.00 bits per heavy atom. The van der Waals surface area contributed by atoms with Crippen LogP contribution in [0.25, 0.3) is 0 Å². The molecule has 2 aromatic rings. The van der Waals surface area contributed by atoms with E-state index in [-0.39, 0.29) is 11.3 Å². The fraction of sp³-hybridized carbons (Fsp3) is 0.278. The highest BCUT2D eigenvalue weighted by atomic mass is 19.1. The van der Waals surface area contributed by atoms with E-state index in [0.29, 0.717) is 5.56 Å². The van der Waals surface area contributed by atoms with Crippen molar-refractivity contribution in [3.8, 4) is 0 Å². The molecule has 1 atom stereocenters. The number of rotatable bonds is 4. The van der Waals surface area contributed by atoms with Crippen LogP contribution in [0.1, 0.15) is 45.2 Å². The summed E-state index contributed by atoms with van der Waals surface area (Å²) in [6.07, 6.45) is 4.35. The van der Waals surface area contributed by atoms with Gasteiger partial charge in [-0.3, -0.25) is 9.78 Å². The lowest BCUT2D eigenvalue weighted by atomic mass is 10.0. The number of benzene rings is 1. The number of ether oxygens (including phenoxy) is 1. The van der Waals surface area contributed by atoms with Gasteiger partial charge in [-0.15, -0.1) is 0 Å². The fourth-order valence-electron chi connectivity index (χ4n) is 2.78. The van der Waals surface area contributed by atoms with Gasteiger partial charge < -0.3 is 4.74 Å². The van der Waals surface area contributed by atoms with Gasteiger partial charge in [0.25, 0.3) is 0 Å². The van der Waals surface area contributed by atoms with Crippen LogP contribution in [-0.4, -0.2) is 22.8 Å². The number of nitrogens with zero attached hydrogens (tertiary/aromatic N) is 1. The fourth-order valence-corrected chi connectivity index (χ4v) is 2.78. The predicted octanol–water partition coefficient (Wildman–Crippen LogP) is 3.14. The highest BCUT2D eigenvalue weighted by molar-refractivity contribution is 6.01. The number of carbonyl (C=O) groups excluding carboxylic acids is 2. The van der Waals surface area contributed by atoms with Crippen molar-refractivity contribution in [1.82, 2.24) is 4.98 Å². The summed E-state index contributed by atoms with van der Waals surface area (Å²) < 4.78 is 18.6.